The predicted molar refractivity (Wildman–Crippen MR) is 102 cm³/mol. The third-order valence-corrected chi connectivity index (χ3v) is 4.32. The summed E-state index contributed by atoms with van der Waals surface area (Å²) in [6.45, 7) is 4.27. The number of benzene rings is 1. The Bertz CT molecular complexity index is 977. The van der Waals surface area contributed by atoms with Gasteiger partial charge in [-0.1, -0.05) is 19.4 Å². The minimum Gasteiger partial charge on any atom is -0.464 e. The van der Waals surface area contributed by atoms with Gasteiger partial charge in [0, 0.05) is 35.1 Å². The maximum Gasteiger partial charge on any atom is 0.325 e. The number of hydrogen-bond acceptors (Lipinski definition) is 5. The van der Waals surface area contributed by atoms with Crippen LogP contribution in [0.25, 0.3) is 22.0 Å². The normalized spacial score (nSPS) is 10.9. The highest BCUT2D eigenvalue weighted by molar-refractivity contribution is 6.07. The summed E-state index contributed by atoms with van der Waals surface area (Å²) in [4.78, 5) is 32.3. The van der Waals surface area contributed by atoms with E-state index in [4.69, 9.17) is 10.5 Å². The Morgan fingerprint density at radius 1 is 1.19 bits per heavy atom. The third-order valence-electron chi connectivity index (χ3n) is 4.32. The maximum absolute atomic E-state index is 12.1. The number of esters is 1. The molecule has 3 rings (SSSR count). The van der Waals surface area contributed by atoms with E-state index in [0.29, 0.717) is 23.4 Å². The van der Waals surface area contributed by atoms with E-state index < -0.39 is 5.91 Å². The molecule has 1 aromatic carbocycles. The van der Waals surface area contributed by atoms with E-state index in [2.05, 4.69) is 9.97 Å². The van der Waals surface area contributed by atoms with Gasteiger partial charge in [-0.3, -0.25) is 9.59 Å². The van der Waals surface area contributed by atoms with Gasteiger partial charge in [-0.05, 0) is 31.0 Å². The molecule has 3 aromatic rings. The maximum atomic E-state index is 12.1. The van der Waals surface area contributed by atoms with Crippen molar-refractivity contribution in [3.8, 4) is 11.1 Å². The Morgan fingerprint density at radius 3 is 2.59 bits per heavy atom. The molecule has 7 heteroatoms. The van der Waals surface area contributed by atoms with Gasteiger partial charge in [0.2, 0.25) is 0 Å². The van der Waals surface area contributed by atoms with Crippen molar-refractivity contribution in [3.05, 3.63) is 48.2 Å². The van der Waals surface area contributed by atoms with Crippen molar-refractivity contribution in [2.24, 2.45) is 5.73 Å². The highest BCUT2D eigenvalue weighted by Crippen LogP contribution is 2.27. The molecular weight excluding hydrogens is 344 g/mol. The molecule has 0 bridgehead atoms. The van der Waals surface area contributed by atoms with E-state index in [9.17, 15) is 9.59 Å². The first-order chi connectivity index (χ1) is 13.0. The van der Waals surface area contributed by atoms with Crippen LogP contribution in [0.5, 0.6) is 0 Å². The lowest BCUT2D eigenvalue weighted by Gasteiger charge is -2.07. The van der Waals surface area contributed by atoms with Crippen LogP contribution in [0.4, 0.5) is 0 Å². The monoisotopic (exact) mass is 366 g/mol. The van der Waals surface area contributed by atoms with Gasteiger partial charge in [0.1, 0.15) is 12.4 Å². The van der Waals surface area contributed by atoms with Crippen molar-refractivity contribution in [2.75, 3.05) is 6.61 Å². The van der Waals surface area contributed by atoms with Crippen LogP contribution in [-0.4, -0.2) is 33.0 Å². The molecule has 0 aliphatic rings. The molecule has 7 nitrogen and oxygen atoms in total. The van der Waals surface area contributed by atoms with Crippen molar-refractivity contribution in [3.63, 3.8) is 0 Å². The van der Waals surface area contributed by atoms with Crippen LogP contribution in [0.1, 0.15) is 35.9 Å². The zero-order valence-corrected chi connectivity index (χ0v) is 15.4. The van der Waals surface area contributed by atoms with Crippen molar-refractivity contribution in [2.45, 2.75) is 33.2 Å². The number of carbonyl (C=O) groups excluding carboxylic acids is 2. The van der Waals surface area contributed by atoms with Crippen LogP contribution in [0.3, 0.4) is 0 Å². The number of aryl methyl sites for hydroxylation is 1. The molecule has 0 saturated carbocycles. The average Bonchev–Trinajstić information content (AvgIpc) is 3.00. The average molecular weight is 366 g/mol. The molecular formula is C20H22N4O3. The van der Waals surface area contributed by atoms with E-state index in [1.54, 1.807) is 23.2 Å². The van der Waals surface area contributed by atoms with Gasteiger partial charge < -0.3 is 15.0 Å². The van der Waals surface area contributed by atoms with Crippen LogP contribution in [-0.2, 0) is 16.1 Å². The fourth-order valence-electron chi connectivity index (χ4n) is 2.86. The molecule has 0 aliphatic carbocycles. The number of nitrogens with two attached hydrogens (primary N) is 1. The van der Waals surface area contributed by atoms with Gasteiger partial charge >= 0.3 is 5.97 Å². The summed E-state index contributed by atoms with van der Waals surface area (Å²) >= 11 is 0. The van der Waals surface area contributed by atoms with E-state index in [-0.39, 0.29) is 12.5 Å². The number of hydrogen-bond donors (Lipinski definition) is 1. The third kappa shape index (κ3) is 4.13. The number of primary amides is 1. The Hall–Kier alpha value is -3.22. The smallest absolute Gasteiger partial charge is 0.325 e. The molecule has 2 aromatic heterocycles. The summed E-state index contributed by atoms with van der Waals surface area (Å²) in [6, 6.07) is 5.62. The number of carbonyl (C=O) groups is 2. The molecule has 0 radical (unpaired) electrons. The molecule has 0 aliphatic heterocycles. The van der Waals surface area contributed by atoms with Gasteiger partial charge in [0.05, 0.1) is 12.2 Å². The van der Waals surface area contributed by atoms with Crippen molar-refractivity contribution in [1.29, 1.82) is 0 Å². The van der Waals surface area contributed by atoms with Crippen LogP contribution >= 0.6 is 0 Å². The summed E-state index contributed by atoms with van der Waals surface area (Å²) in [5, 5.41) is 0.682. The molecule has 0 fully saturated rings. The van der Waals surface area contributed by atoms with Crippen molar-refractivity contribution < 1.29 is 14.3 Å². The van der Waals surface area contributed by atoms with Crippen LogP contribution in [0.2, 0.25) is 0 Å². The topological polar surface area (TPSA) is 100 Å². The number of fused-ring (bicyclic) bond motifs is 1. The quantitative estimate of drug-likeness (QED) is 0.512. The molecule has 1 amide bonds. The second kappa shape index (κ2) is 7.99. The van der Waals surface area contributed by atoms with Gasteiger partial charge in [-0.2, -0.15) is 0 Å². The van der Waals surface area contributed by atoms with Crippen LogP contribution in [0.15, 0.2) is 36.8 Å². The Kier molecular flexibility index (Phi) is 5.49. The number of unbranched alkanes of at least 4 members (excludes halogenated alkanes) is 1. The summed E-state index contributed by atoms with van der Waals surface area (Å²) in [5.41, 5.74) is 8.35. The standard InChI is InChI=1S/C20H22N4O3/c1-3-4-7-27-19(25)12-24-11-17(20(21)26)16-8-14(5-6-18(16)24)15-9-22-13(2)23-10-15/h5-6,8-11H,3-4,7,12H2,1-2H3,(H2,21,26). The molecule has 27 heavy (non-hydrogen) atoms. The molecule has 0 unspecified atom stereocenters. The molecule has 140 valence electrons. The summed E-state index contributed by atoms with van der Waals surface area (Å²) in [6.07, 6.45) is 6.85. The zero-order valence-electron chi connectivity index (χ0n) is 15.4. The zero-order chi connectivity index (χ0) is 19.4. The second-order valence-electron chi connectivity index (χ2n) is 6.36. The van der Waals surface area contributed by atoms with Gasteiger partial charge in [0.25, 0.3) is 5.91 Å². The Labute approximate surface area is 157 Å². The first kappa shape index (κ1) is 18.6. The largest absolute Gasteiger partial charge is 0.464 e. The molecule has 0 spiro atoms. The first-order valence-corrected chi connectivity index (χ1v) is 8.87. The molecule has 0 saturated heterocycles. The highest BCUT2D eigenvalue weighted by atomic mass is 16.5. The number of ether oxygens (including phenoxy) is 1. The van der Waals surface area contributed by atoms with E-state index in [1.807, 2.05) is 32.0 Å². The Morgan fingerprint density at radius 2 is 1.93 bits per heavy atom. The lowest BCUT2D eigenvalue weighted by atomic mass is 10.0. The lowest BCUT2D eigenvalue weighted by Crippen LogP contribution is -2.14. The molecule has 2 heterocycles. The number of nitrogens with zero attached hydrogens (tertiary/aromatic N) is 3. The van der Waals surface area contributed by atoms with Gasteiger partial charge in [0.15, 0.2) is 0 Å². The van der Waals surface area contributed by atoms with Gasteiger partial charge in [-0.25, -0.2) is 9.97 Å². The van der Waals surface area contributed by atoms with Crippen molar-refractivity contribution in [1.82, 2.24) is 14.5 Å². The van der Waals surface area contributed by atoms with E-state index in [0.717, 1.165) is 29.5 Å². The molecule has 2 N–H and O–H groups in total. The van der Waals surface area contributed by atoms with E-state index in [1.165, 1.54) is 0 Å². The predicted octanol–water partition coefficient (Wildman–Crippen LogP) is 2.85. The fourth-order valence-corrected chi connectivity index (χ4v) is 2.86. The fraction of sp³-hybridized carbons (Fsp3) is 0.300. The SMILES string of the molecule is CCCCOC(=O)Cn1cc(C(N)=O)c2cc(-c3cnc(C)nc3)ccc21. The van der Waals surface area contributed by atoms with Gasteiger partial charge in [-0.15, -0.1) is 0 Å². The summed E-state index contributed by atoms with van der Waals surface area (Å²) in [7, 11) is 0. The highest BCUT2D eigenvalue weighted by Gasteiger charge is 2.16. The number of amides is 1. The summed E-state index contributed by atoms with van der Waals surface area (Å²) < 4.78 is 6.91. The summed E-state index contributed by atoms with van der Waals surface area (Å²) in [5.74, 6) is -0.201. The number of rotatable bonds is 7. The molecule has 0 atom stereocenters. The van der Waals surface area contributed by atoms with Crippen LogP contribution in [0, 0.1) is 6.92 Å². The number of aromatic nitrogens is 3. The second-order valence-corrected chi connectivity index (χ2v) is 6.36. The first-order valence-electron chi connectivity index (χ1n) is 8.87. The Balaban J connectivity index is 1.96. The van der Waals surface area contributed by atoms with E-state index >= 15 is 0 Å². The minimum absolute atomic E-state index is 0.0283. The lowest BCUT2D eigenvalue weighted by molar-refractivity contribution is -0.144. The minimum atomic E-state index is -0.546. The van der Waals surface area contributed by atoms with Crippen LogP contribution < -0.4 is 5.73 Å². The van der Waals surface area contributed by atoms with Crippen molar-refractivity contribution >= 4 is 22.8 Å².